The molecule has 16 aromatic rings. The van der Waals surface area contributed by atoms with Gasteiger partial charge in [0.05, 0.1) is 124 Å². The molecule has 0 atom stereocenters. The highest BCUT2D eigenvalue weighted by atomic mass is 32.1. The Bertz CT molecular complexity index is 5840. The molecule has 6 heterocycles. The SMILES string of the molecule is C(=Nc1ccccc1)C1=NC(C=Nc2ccccc2)=NC1.C(=Nc1ccccc1)c1noc(C=Nc2ccccc2)n1.C(=Nc1ccccc1)c1nsc(C=Nc2ccccc2)n1.CC.CC.CC.CC.CC.CC.CC.CC.CC.CC.CC.CC.Oc1ccccc1-c1noc(-c2ccccc2O)n1.Oc1ccccc1-c1nsc(-c2ccccc2O)n1.Oc1ccccc1C1=NC(c2ccccc2O)=NC1. The Hall–Kier alpha value is -16.5. The van der Waals surface area contributed by atoms with Crippen molar-refractivity contribution < 1.29 is 39.7 Å². The van der Waals surface area contributed by atoms with Gasteiger partial charge in [0.2, 0.25) is 11.6 Å². The molecule has 0 unspecified atom stereocenters. The number of phenols is 6. The number of rotatable bonds is 18. The summed E-state index contributed by atoms with van der Waals surface area (Å²) in [5.74, 6) is 4.21. The van der Waals surface area contributed by atoms with E-state index in [2.05, 4.69) is 88.9 Å². The number of aliphatic imine (C=N–C) groups is 10. The average molecular weight is 1980 g/mol. The largest absolute Gasteiger partial charge is 0.507 e. The second-order valence-corrected chi connectivity index (χ2v) is 26.5. The van der Waals surface area contributed by atoms with Crippen LogP contribution in [0.25, 0.3) is 44.8 Å². The highest BCUT2D eigenvalue weighted by Gasteiger charge is 2.20. The van der Waals surface area contributed by atoms with Gasteiger partial charge in [0.1, 0.15) is 39.5 Å². The van der Waals surface area contributed by atoms with Crippen LogP contribution in [0, 0.1) is 0 Å². The molecule has 0 amide bonds. The maximum atomic E-state index is 9.80. The van der Waals surface area contributed by atoms with E-state index in [1.165, 1.54) is 29.3 Å². The van der Waals surface area contributed by atoms with Gasteiger partial charge in [0.15, 0.2) is 28.3 Å². The molecule has 0 radical (unpaired) electrons. The van der Waals surface area contributed by atoms with Gasteiger partial charge < -0.3 is 39.7 Å². The molecular weight excluding hydrogens is 1840 g/mol. The first kappa shape index (κ1) is 126. The topological polar surface area (TPSA) is 374 Å². The third kappa shape index (κ3) is 46.1. The van der Waals surface area contributed by atoms with Crippen LogP contribution in [0.2, 0.25) is 0 Å². The minimum Gasteiger partial charge on any atom is -0.507 e. The summed E-state index contributed by atoms with van der Waals surface area (Å²) in [5, 5.41) is 67.6. The highest BCUT2D eigenvalue weighted by Crippen LogP contribution is 2.36. The molecule has 0 aliphatic carbocycles. The van der Waals surface area contributed by atoms with Crippen molar-refractivity contribution in [3.8, 4) is 79.3 Å². The molecule has 28 heteroatoms. The van der Waals surface area contributed by atoms with Gasteiger partial charge in [-0.15, -0.1) is 0 Å². The lowest BCUT2D eigenvalue weighted by Gasteiger charge is -2.02. The molecule has 144 heavy (non-hydrogen) atoms. The smallest absolute Gasteiger partial charge is 0.269 e. The van der Waals surface area contributed by atoms with E-state index in [4.69, 9.17) is 9.05 Å². The minimum absolute atomic E-state index is 0.0648. The summed E-state index contributed by atoms with van der Waals surface area (Å²) in [6.45, 7) is 49.0. The molecule has 2 aliphatic rings. The van der Waals surface area contributed by atoms with Crippen molar-refractivity contribution in [3.05, 3.63) is 361 Å². The number of amidine groups is 2. The minimum atomic E-state index is 0.0648. The summed E-state index contributed by atoms with van der Waals surface area (Å²) < 4.78 is 18.6. The quantitative estimate of drug-likeness (QED) is 0.0435. The van der Waals surface area contributed by atoms with Crippen molar-refractivity contribution in [1.82, 2.24) is 39.0 Å². The molecule has 26 nitrogen and oxygen atoms in total. The maximum Gasteiger partial charge on any atom is 0.269 e. The summed E-state index contributed by atoms with van der Waals surface area (Å²) in [6, 6.07) is 99.3. The van der Waals surface area contributed by atoms with Gasteiger partial charge in [-0.3, -0.25) is 39.9 Å². The van der Waals surface area contributed by atoms with Crippen LogP contribution in [-0.2, 0) is 0 Å². The van der Waals surface area contributed by atoms with Gasteiger partial charge in [-0.1, -0.05) is 358 Å². The predicted octanol–water partition coefficient (Wildman–Crippen LogP) is 32.0. The van der Waals surface area contributed by atoms with Crippen LogP contribution in [0.15, 0.2) is 387 Å². The number of nitrogens with zero attached hydrogens (tertiary/aromatic N) is 18. The van der Waals surface area contributed by atoms with Crippen LogP contribution in [-0.4, -0.2) is 143 Å². The third-order valence-corrected chi connectivity index (χ3v) is 17.9. The predicted molar refractivity (Wildman–Crippen MR) is 611 cm³/mol. The van der Waals surface area contributed by atoms with Crippen molar-refractivity contribution in [2.24, 2.45) is 49.9 Å². The zero-order valence-electron chi connectivity index (χ0n) is 87.4. The Morgan fingerprint density at radius 1 is 0.257 bits per heavy atom. The Morgan fingerprint density at radius 3 is 1.00 bits per heavy atom. The fourth-order valence-corrected chi connectivity index (χ4v) is 11.9. The fraction of sp³-hybridized carbons (Fsp3) is 0.224. The van der Waals surface area contributed by atoms with Crippen LogP contribution in [0.1, 0.15) is 200 Å². The summed E-state index contributed by atoms with van der Waals surface area (Å²) >= 11 is 2.49. The molecular formula is C116H142N18O8S2. The lowest BCUT2D eigenvalue weighted by atomic mass is 10.1. The number of aromatic hydroxyl groups is 6. The van der Waals surface area contributed by atoms with Crippen molar-refractivity contribution >= 4 is 118 Å². The second kappa shape index (κ2) is 80.4. The Morgan fingerprint density at radius 2 is 0.590 bits per heavy atom. The van der Waals surface area contributed by atoms with Crippen LogP contribution in [0.4, 0.5) is 34.1 Å². The van der Waals surface area contributed by atoms with Gasteiger partial charge >= 0.3 is 0 Å². The van der Waals surface area contributed by atoms with E-state index >= 15 is 0 Å². The van der Waals surface area contributed by atoms with E-state index in [1.54, 1.807) is 152 Å². The number of benzene rings is 12. The standard InChI is InChI=1S/C17H14N4.C16H12N4O.C16H12N4S.C15H12N2O2.C14H10N2O3.C14H10N2O2S.12C2H6/c1-3-7-14(8-4-1)18-11-16-12-20-17(21-16)13-19-15-9-5-2-6-10-15;2*1-3-7-13(8-4-1)17-11-15-19-16(21-20-15)12-18-14-9-5-2-6-10-14;18-13-7-3-1-5-10(13)12-9-16-15(17-12)11-6-2-4-8-14(11)19;2*17-11-7-3-1-5-9(11)13-15-14(19-16-13)10-6-2-4-8-12(10)18;12*1-2/h1-11,13H,12H2;2*1-12H;1-8,18-19H,9H2;2*1-8,17-18H;12*1-2H3. The molecule has 12 aromatic carbocycles. The Labute approximate surface area is 860 Å². The number of aromatic nitrogens is 8. The molecule has 756 valence electrons. The molecule has 2 aliphatic heterocycles. The molecule has 18 rings (SSSR count). The van der Waals surface area contributed by atoms with Crippen molar-refractivity contribution in [1.29, 1.82) is 0 Å². The van der Waals surface area contributed by atoms with Gasteiger partial charge in [-0.05, 0) is 169 Å². The van der Waals surface area contributed by atoms with Crippen LogP contribution >= 0.6 is 23.1 Å². The first-order valence-electron chi connectivity index (χ1n) is 48.8. The zero-order chi connectivity index (χ0) is 107. The van der Waals surface area contributed by atoms with Crippen molar-refractivity contribution in [2.45, 2.75) is 166 Å². The molecule has 0 bridgehead atoms. The van der Waals surface area contributed by atoms with Gasteiger partial charge in [-0.2, -0.15) is 18.7 Å². The van der Waals surface area contributed by atoms with Crippen molar-refractivity contribution in [2.75, 3.05) is 13.1 Å². The van der Waals surface area contributed by atoms with E-state index in [1.807, 2.05) is 372 Å². The number of phenolic OH excluding ortho intramolecular Hbond substituents is 6. The second-order valence-electron chi connectivity index (χ2n) is 25.0. The van der Waals surface area contributed by atoms with Gasteiger partial charge in [-0.25, -0.2) is 20.0 Å². The summed E-state index contributed by atoms with van der Waals surface area (Å²) in [6.07, 6.45) is 9.89. The van der Waals surface area contributed by atoms with E-state index in [0.29, 0.717) is 92.2 Å². The zero-order valence-corrected chi connectivity index (χ0v) is 89.1. The number of hydrogen-bond acceptors (Lipinski definition) is 28. The number of hydrogen-bond donors (Lipinski definition) is 6. The molecule has 6 N–H and O–H groups in total. The molecule has 0 saturated carbocycles. The Balaban J connectivity index is 0.000000828. The first-order valence-corrected chi connectivity index (χ1v) is 50.4. The summed E-state index contributed by atoms with van der Waals surface area (Å²) in [5.41, 5.74) is 10.2. The summed E-state index contributed by atoms with van der Waals surface area (Å²) in [4.78, 5) is 60.3. The molecule has 0 spiro atoms. The lowest BCUT2D eigenvalue weighted by molar-refractivity contribution is 0.411. The normalized spacial score (nSPS) is 10.6. The average Bonchev–Trinajstić information content (AvgIpc) is 1.68. The van der Waals surface area contributed by atoms with E-state index in [-0.39, 0.29) is 46.2 Å². The van der Waals surface area contributed by atoms with Crippen LogP contribution < -0.4 is 0 Å². The fourth-order valence-electron chi connectivity index (χ4n) is 10.7. The van der Waals surface area contributed by atoms with E-state index < -0.39 is 0 Å². The summed E-state index contributed by atoms with van der Waals surface area (Å²) in [7, 11) is 0. The van der Waals surface area contributed by atoms with Gasteiger partial charge in [0, 0.05) is 5.56 Å². The third-order valence-electron chi connectivity index (χ3n) is 16.5. The van der Waals surface area contributed by atoms with E-state index in [9.17, 15) is 30.6 Å². The lowest BCUT2D eigenvalue weighted by Crippen LogP contribution is -2.02. The van der Waals surface area contributed by atoms with Crippen LogP contribution in [0.5, 0.6) is 34.5 Å². The highest BCUT2D eigenvalue weighted by molar-refractivity contribution is 7.09. The molecule has 4 aromatic heterocycles. The molecule has 0 saturated heterocycles. The first-order chi connectivity index (χ1) is 71.0. The van der Waals surface area contributed by atoms with Gasteiger partial charge in [0.25, 0.3) is 11.8 Å². The number of para-hydroxylation sites is 12. The van der Waals surface area contributed by atoms with Crippen molar-refractivity contribution in [3.63, 3.8) is 0 Å². The van der Waals surface area contributed by atoms with E-state index in [0.717, 1.165) is 44.8 Å². The Kier molecular flexibility index (Phi) is 70.1. The monoisotopic (exact) mass is 1980 g/mol. The molecule has 0 fully saturated rings. The maximum absolute atomic E-state index is 9.80. The van der Waals surface area contributed by atoms with Crippen LogP contribution in [0.3, 0.4) is 0 Å².